The number of rotatable bonds is 15. The minimum atomic E-state index is -1.52. The number of carbonyl (C=O) groups excluding carboxylic acids is 3. The smallest absolute Gasteiger partial charge is 0.326 e. The molecule has 0 saturated heterocycles. The van der Waals surface area contributed by atoms with Crippen molar-refractivity contribution in [3.05, 3.63) is 0 Å². The minimum absolute atomic E-state index is 0.0545. The number of thioether (sulfide) groups is 1. The van der Waals surface area contributed by atoms with Crippen LogP contribution in [0.15, 0.2) is 0 Å². The first-order valence-electron chi connectivity index (χ1n) is 9.69. The van der Waals surface area contributed by atoms with Crippen LogP contribution in [0.5, 0.6) is 0 Å². The molecule has 0 aromatic heterocycles. The van der Waals surface area contributed by atoms with E-state index in [0.29, 0.717) is 12.2 Å². The van der Waals surface area contributed by atoms with Crippen molar-refractivity contribution in [3.63, 3.8) is 0 Å². The minimum Gasteiger partial charge on any atom is -0.481 e. The summed E-state index contributed by atoms with van der Waals surface area (Å²) < 4.78 is 0. The summed E-state index contributed by atoms with van der Waals surface area (Å²) in [6, 6.07) is -4.77. The number of thiol groups is 1. The zero-order valence-corrected chi connectivity index (χ0v) is 19.5. The Balaban J connectivity index is 5.48. The van der Waals surface area contributed by atoms with Gasteiger partial charge in [-0.25, -0.2) is 4.79 Å². The molecule has 0 aromatic carbocycles. The van der Waals surface area contributed by atoms with E-state index in [0.717, 1.165) is 0 Å². The second kappa shape index (κ2) is 14.9. The number of carboxylic acid groups (broad SMARTS) is 2. The van der Waals surface area contributed by atoms with Gasteiger partial charge in [-0.15, -0.1) is 0 Å². The van der Waals surface area contributed by atoms with Gasteiger partial charge in [0.1, 0.15) is 18.1 Å². The van der Waals surface area contributed by atoms with Gasteiger partial charge in [-0.05, 0) is 24.3 Å². The Hall–Kier alpha value is -1.99. The van der Waals surface area contributed by atoms with Crippen molar-refractivity contribution < 1.29 is 34.2 Å². The van der Waals surface area contributed by atoms with Crippen LogP contribution in [0, 0.1) is 5.92 Å². The molecule has 0 aliphatic carbocycles. The van der Waals surface area contributed by atoms with Gasteiger partial charge in [0, 0.05) is 5.75 Å². The van der Waals surface area contributed by atoms with Gasteiger partial charge in [0.15, 0.2) is 0 Å². The average Bonchev–Trinajstić information content (AvgIpc) is 2.71. The Kier molecular flexibility index (Phi) is 14.0. The van der Waals surface area contributed by atoms with E-state index in [1.54, 1.807) is 20.1 Å². The second-order valence-electron chi connectivity index (χ2n) is 7.00. The van der Waals surface area contributed by atoms with Crippen LogP contribution in [0.4, 0.5) is 0 Å². The number of hydrogen-bond donors (Lipinski definition) is 7. The number of amides is 3. The molecule has 5 unspecified atom stereocenters. The van der Waals surface area contributed by atoms with Crippen molar-refractivity contribution in [2.45, 2.75) is 57.3 Å². The van der Waals surface area contributed by atoms with Crippen LogP contribution in [0.3, 0.4) is 0 Å². The standard InChI is InChI=1S/C18H32N4O7S2/c1-4-9(2)14(18(28)29)22-17(27)12(7-13(23)24)21-16(26)11(5-6-31-3)20-15(25)10(19)8-30/h9-12,14,30H,4-8,19H2,1-3H3,(H,20,25)(H,21,26)(H,22,27)(H,23,24)(H,28,29). The molecular weight excluding hydrogens is 448 g/mol. The van der Waals surface area contributed by atoms with Crippen LogP contribution in [-0.4, -0.2) is 81.8 Å². The zero-order chi connectivity index (χ0) is 24.1. The maximum absolute atomic E-state index is 12.7. The van der Waals surface area contributed by atoms with E-state index >= 15 is 0 Å². The molecule has 0 rings (SSSR count). The predicted octanol–water partition coefficient (Wildman–Crippen LogP) is -0.944. The van der Waals surface area contributed by atoms with Crippen LogP contribution >= 0.6 is 24.4 Å². The van der Waals surface area contributed by atoms with Gasteiger partial charge in [-0.3, -0.25) is 19.2 Å². The van der Waals surface area contributed by atoms with Gasteiger partial charge in [-0.1, -0.05) is 20.3 Å². The lowest BCUT2D eigenvalue weighted by molar-refractivity contribution is -0.144. The molecule has 5 atom stereocenters. The Morgan fingerprint density at radius 3 is 2.00 bits per heavy atom. The fourth-order valence-electron chi connectivity index (χ4n) is 2.46. The van der Waals surface area contributed by atoms with Crippen LogP contribution in [-0.2, 0) is 24.0 Å². The third-order valence-electron chi connectivity index (χ3n) is 4.57. The summed E-state index contributed by atoms with van der Waals surface area (Å²) in [6.45, 7) is 3.38. The lowest BCUT2D eigenvalue weighted by Gasteiger charge is -2.25. The quantitative estimate of drug-likeness (QED) is 0.145. The molecule has 13 heteroatoms. The summed E-state index contributed by atoms with van der Waals surface area (Å²) in [4.78, 5) is 60.0. The highest BCUT2D eigenvalue weighted by Crippen LogP contribution is 2.09. The Bertz CT molecular complexity index is 650. The van der Waals surface area contributed by atoms with Crippen LogP contribution in [0.2, 0.25) is 0 Å². The highest BCUT2D eigenvalue weighted by Gasteiger charge is 2.32. The maximum atomic E-state index is 12.7. The Labute approximate surface area is 191 Å². The highest BCUT2D eigenvalue weighted by atomic mass is 32.2. The first kappa shape index (κ1) is 29.0. The molecule has 0 aromatic rings. The van der Waals surface area contributed by atoms with Gasteiger partial charge >= 0.3 is 11.9 Å². The van der Waals surface area contributed by atoms with Crippen molar-refractivity contribution >= 4 is 54.1 Å². The molecule has 0 radical (unpaired) electrons. The second-order valence-corrected chi connectivity index (χ2v) is 8.35. The summed E-state index contributed by atoms with van der Waals surface area (Å²) in [5.41, 5.74) is 5.61. The molecule has 3 amide bonds. The molecule has 7 N–H and O–H groups in total. The topological polar surface area (TPSA) is 188 Å². The van der Waals surface area contributed by atoms with Crippen LogP contribution < -0.4 is 21.7 Å². The molecular formula is C18H32N4O7S2. The van der Waals surface area contributed by atoms with E-state index in [4.69, 9.17) is 10.8 Å². The summed E-state index contributed by atoms with van der Waals surface area (Å²) in [7, 11) is 0. The molecule has 0 heterocycles. The number of aliphatic carboxylic acids is 2. The molecule has 31 heavy (non-hydrogen) atoms. The summed E-state index contributed by atoms with van der Waals surface area (Å²) in [6.07, 6.45) is 1.72. The SMILES string of the molecule is CCC(C)C(NC(=O)C(CC(=O)O)NC(=O)C(CCSC)NC(=O)C(N)CS)C(=O)O. The highest BCUT2D eigenvalue weighted by molar-refractivity contribution is 7.98. The van der Waals surface area contributed by atoms with Crippen molar-refractivity contribution in [1.82, 2.24) is 16.0 Å². The Morgan fingerprint density at radius 2 is 1.55 bits per heavy atom. The zero-order valence-electron chi connectivity index (χ0n) is 17.8. The summed E-state index contributed by atoms with van der Waals surface area (Å²) in [5, 5.41) is 25.5. The lowest BCUT2D eigenvalue weighted by atomic mass is 9.98. The van der Waals surface area contributed by atoms with Crippen molar-refractivity contribution in [2.75, 3.05) is 17.8 Å². The monoisotopic (exact) mass is 480 g/mol. The van der Waals surface area contributed by atoms with E-state index < -0.39 is 66.2 Å². The number of hydrogen-bond acceptors (Lipinski definition) is 8. The molecule has 11 nitrogen and oxygen atoms in total. The maximum Gasteiger partial charge on any atom is 0.326 e. The van der Waals surface area contributed by atoms with E-state index in [9.17, 15) is 29.1 Å². The fourth-order valence-corrected chi connectivity index (χ4v) is 3.10. The fraction of sp³-hybridized carbons (Fsp3) is 0.722. The largest absolute Gasteiger partial charge is 0.481 e. The van der Waals surface area contributed by atoms with E-state index in [1.807, 2.05) is 0 Å². The van der Waals surface area contributed by atoms with Crippen molar-refractivity contribution in [1.29, 1.82) is 0 Å². The molecule has 0 saturated carbocycles. The molecule has 0 spiro atoms. The normalized spacial score (nSPS) is 15.6. The van der Waals surface area contributed by atoms with E-state index in [-0.39, 0.29) is 12.2 Å². The molecule has 0 aliphatic rings. The molecule has 0 bridgehead atoms. The predicted molar refractivity (Wildman–Crippen MR) is 120 cm³/mol. The molecule has 178 valence electrons. The third kappa shape index (κ3) is 10.7. The first-order chi connectivity index (χ1) is 14.5. The van der Waals surface area contributed by atoms with Crippen molar-refractivity contribution in [3.8, 4) is 0 Å². The van der Waals surface area contributed by atoms with Gasteiger partial charge in [-0.2, -0.15) is 24.4 Å². The summed E-state index contributed by atoms with van der Waals surface area (Å²) in [5.74, 6) is -4.82. The first-order valence-corrected chi connectivity index (χ1v) is 11.7. The van der Waals surface area contributed by atoms with Gasteiger partial charge in [0.2, 0.25) is 17.7 Å². The molecule has 0 aliphatic heterocycles. The van der Waals surface area contributed by atoms with Gasteiger partial charge in [0.25, 0.3) is 0 Å². The third-order valence-corrected chi connectivity index (χ3v) is 5.60. The molecule has 0 fully saturated rings. The van der Waals surface area contributed by atoms with Gasteiger partial charge in [0.05, 0.1) is 12.5 Å². The van der Waals surface area contributed by atoms with Crippen molar-refractivity contribution in [2.24, 2.45) is 11.7 Å². The number of carbonyl (C=O) groups is 5. The number of nitrogens with two attached hydrogens (primary N) is 1. The number of carboxylic acids is 2. The van der Waals surface area contributed by atoms with E-state index in [1.165, 1.54) is 11.8 Å². The Morgan fingerprint density at radius 1 is 1.00 bits per heavy atom. The van der Waals surface area contributed by atoms with Crippen LogP contribution in [0.1, 0.15) is 33.1 Å². The summed E-state index contributed by atoms with van der Waals surface area (Å²) >= 11 is 5.36. The van der Waals surface area contributed by atoms with Gasteiger partial charge < -0.3 is 31.9 Å². The average molecular weight is 481 g/mol. The number of nitrogens with one attached hydrogen (secondary N) is 3. The van der Waals surface area contributed by atoms with E-state index in [2.05, 4.69) is 28.6 Å². The lowest BCUT2D eigenvalue weighted by Crippen LogP contribution is -2.58. The van der Waals surface area contributed by atoms with Crippen LogP contribution in [0.25, 0.3) is 0 Å².